The summed E-state index contributed by atoms with van der Waals surface area (Å²) in [6.45, 7) is 2.63. The number of halogens is 1. The number of H-pyrrole nitrogens is 1. The molecule has 0 aliphatic carbocycles. The van der Waals surface area contributed by atoms with Gasteiger partial charge >= 0.3 is 0 Å². The van der Waals surface area contributed by atoms with E-state index in [4.69, 9.17) is 4.74 Å². The number of carbonyl (C=O) groups is 1. The summed E-state index contributed by atoms with van der Waals surface area (Å²) in [5.74, 6) is 1.22. The molecule has 22 heavy (non-hydrogen) atoms. The molecule has 1 aliphatic rings. The number of nitrogens with one attached hydrogen (secondary N) is 3. The summed E-state index contributed by atoms with van der Waals surface area (Å²) in [6, 6.07) is 7.52. The van der Waals surface area contributed by atoms with Crippen LogP contribution in [0.4, 0.5) is 0 Å². The van der Waals surface area contributed by atoms with Crippen LogP contribution in [0.3, 0.4) is 0 Å². The van der Waals surface area contributed by atoms with Gasteiger partial charge in [-0.25, -0.2) is 0 Å². The van der Waals surface area contributed by atoms with Crippen molar-refractivity contribution < 1.29 is 9.53 Å². The molecule has 1 saturated heterocycles. The normalized spacial score (nSPS) is 13.9. The van der Waals surface area contributed by atoms with Crippen LogP contribution in [0, 0.1) is 5.92 Å². The Morgan fingerprint density at radius 1 is 1.36 bits per heavy atom. The standard InChI is InChI=1S/C15H18N4O2.ClH/c1-21-12-4-2-11(3-5-12)14-13(9-18-19-14)15(20)17-8-10-6-16-7-10;/h2-5,9-10,16H,6-8H2,1H3,(H,17,20)(H,18,19);1H. The number of ether oxygens (including phenoxy) is 1. The number of hydrogen-bond acceptors (Lipinski definition) is 4. The van der Waals surface area contributed by atoms with E-state index in [-0.39, 0.29) is 18.3 Å². The van der Waals surface area contributed by atoms with E-state index >= 15 is 0 Å². The highest BCUT2D eigenvalue weighted by atomic mass is 35.5. The molecular weight excluding hydrogens is 304 g/mol. The van der Waals surface area contributed by atoms with E-state index in [2.05, 4.69) is 20.8 Å². The van der Waals surface area contributed by atoms with Crippen LogP contribution in [0.15, 0.2) is 30.5 Å². The van der Waals surface area contributed by atoms with Gasteiger partial charge in [0.2, 0.25) is 0 Å². The molecule has 0 atom stereocenters. The maximum atomic E-state index is 12.3. The summed E-state index contributed by atoms with van der Waals surface area (Å²) in [5.41, 5.74) is 2.19. The molecule has 2 heterocycles. The van der Waals surface area contributed by atoms with Crippen molar-refractivity contribution in [2.75, 3.05) is 26.7 Å². The van der Waals surface area contributed by atoms with Gasteiger partial charge in [0.25, 0.3) is 5.91 Å². The van der Waals surface area contributed by atoms with Crippen molar-refractivity contribution in [3.63, 3.8) is 0 Å². The highest BCUT2D eigenvalue weighted by molar-refractivity contribution is 5.99. The quantitative estimate of drug-likeness (QED) is 0.778. The molecule has 118 valence electrons. The number of aromatic nitrogens is 2. The predicted molar refractivity (Wildman–Crippen MR) is 86.5 cm³/mol. The van der Waals surface area contributed by atoms with Gasteiger partial charge in [0, 0.05) is 31.1 Å². The van der Waals surface area contributed by atoms with E-state index in [0.717, 1.165) is 30.1 Å². The Morgan fingerprint density at radius 3 is 2.68 bits per heavy atom. The van der Waals surface area contributed by atoms with Crippen LogP contribution in [0.2, 0.25) is 0 Å². The highest BCUT2D eigenvalue weighted by Gasteiger charge is 2.20. The average molecular weight is 323 g/mol. The third kappa shape index (κ3) is 3.40. The Morgan fingerprint density at radius 2 is 2.09 bits per heavy atom. The second-order valence-electron chi connectivity index (χ2n) is 5.12. The van der Waals surface area contributed by atoms with Crippen molar-refractivity contribution in [2.45, 2.75) is 0 Å². The fraction of sp³-hybridized carbons (Fsp3) is 0.333. The fourth-order valence-corrected chi connectivity index (χ4v) is 2.26. The van der Waals surface area contributed by atoms with Gasteiger partial charge in [0.05, 0.1) is 24.6 Å². The molecule has 0 bridgehead atoms. The zero-order valence-electron chi connectivity index (χ0n) is 12.3. The van der Waals surface area contributed by atoms with E-state index in [0.29, 0.717) is 18.0 Å². The lowest BCUT2D eigenvalue weighted by molar-refractivity contribution is 0.0943. The summed E-state index contributed by atoms with van der Waals surface area (Å²) in [7, 11) is 1.62. The molecule has 1 aliphatic heterocycles. The van der Waals surface area contributed by atoms with Gasteiger partial charge in [-0.2, -0.15) is 5.10 Å². The van der Waals surface area contributed by atoms with Crippen molar-refractivity contribution >= 4 is 18.3 Å². The minimum absolute atomic E-state index is 0. The van der Waals surface area contributed by atoms with E-state index in [9.17, 15) is 4.79 Å². The molecule has 1 amide bonds. The molecule has 3 N–H and O–H groups in total. The molecular formula is C15H19ClN4O2. The van der Waals surface area contributed by atoms with Gasteiger partial charge in [-0.15, -0.1) is 12.4 Å². The second-order valence-corrected chi connectivity index (χ2v) is 5.12. The van der Waals surface area contributed by atoms with Gasteiger partial charge in [-0.05, 0) is 24.3 Å². The lowest BCUT2D eigenvalue weighted by Gasteiger charge is -2.27. The third-order valence-electron chi connectivity index (χ3n) is 3.68. The van der Waals surface area contributed by atoms with E-state index in [1.165, 1.54) is 0 Å². The topological polar surface area (TPSA) is 79.0 Å². The molecule has 0 spiro atoms. The first-order chi connectivity index (χ1) is 10.3. The van der Waals surface area contributed by atoms with Crippen LogP contribution in [-0.4, -0.2) is 42.8 Å². The van der Waals surface area contributed by atoms with Crippen molar-refractivity contribution in [1.82, 2.24) is 20.8 Å². The van der Waals surface area contributed by atoms with Gasteiger partial charge < -0.3 is 15.4 Å². The average Bonchev–Trinajstić information content (AvgIpc) is 2.95. The molecule has 2 aromatic rings. The summed E-state index contributed by atoms with van der Waals surface area (Å²) >= 11 is 0. The Kier molecular flexibility index (Phi) is 5.41. The predicted octanol–water partition coefficient (Wildman–Crippen LogP) is 1.46. The van der Waals surface area contributed by atoms with E-state index < -0.39 is 0 Å². The largest absolute Gasteiger partial charge is 0.497 e. The third-order valence-corrected chi connectivity index (χ3v) is 3.68. The first kappa shape index (κ1) is 16.3. The first-order valence-corrected chi connectivity index (χ1v) is 6.94. The van der Waals surface area contributed by atoms with E-state index in [1.54, 1.807) is 13.3 Å². The van der Waals surface area contributed by atoms with Crippen LogP contribution in [0.5, 0.6) is 5.75 Å². The molecule has 1 fully saturated rings. The number of benzene rings is 1. The number of methoxy groups -OCH3 is 1. The van der Waals surface area contributed by atoms with Crippen LogP contribution in [0.1, 0.15) is 10.4 Å². The maximum absolute atomic E-state index is 12.3. The summed E-state index contributed by atoms with van der Waals surface area (Å²) < 4.78 is 5.14. The number of carbonyl (C=O) groups excluding carboxylic acids is 1. The molecule has 1 aromatic carbocycles. The zero-order chi connectivity index (χ0) is 14.7. The molecule has 0 unspecified atom stereocenters. The Labute approximate surface area is 135 Å². The summed E-state index contributed by atoms with van der Waals surface area (Å²) in [6.07, 6.45) is 1.56. The SMILES string of the molecule is COc1ccc(-c2[nH]ncc2C(=O)NCC2CNC2)cc1.Cl. The van der Waals surface area contributed by atoms with Gasteiger partial charge in [-0.3, -0.25) is 9.89 Å². The van der Waals surface area contributed by atoms with Crippen molar-refractivity contribution in [2.24, 2.45) is 5.92 Å². The molecule has 7 heteroatoms. The first-order valence-electron chi connectivity index (χ1n) is 6.94. The number of rotatable bonds is 5. The van der Waals surface area contributed by atoms with Crippen molar-refractivity contribution in [1.29, 1.82) is 0 Å². The smallest absolute Gasteiger partial charge is 0.255 e. The summed E-state index contributed by atoms with van der Waals surface area (Å²) in [4.78, 5) is 12.3. The molecule has 0 radical (unpaired) electrons. The zero-order valence-corrected chi connectivity index (χ0v) is 13.1. The van der Waals surface area contributed by atoms with Crippen molar-refractivity contribution in [3.8, 4) is 17.0 Å². The van der Waals surface area contributed by atoms with Crippen molar-refractivity contribution in [3.05, 3.63) is 36.0 Å². The fourth-order valence-electron chi connectivity index (χ4n) is 2.26. The minimum atomic E-state index is -0.0959. The van der Waals surface area contributed by atoms with Gasteiger partial charge in [0.15, 0.2) is 0 Å². The van der Waals surface area contributed by atoms with Crippen LogP contribution in [0.25, 0.3) is 11.3 Å². The highest BCUT2D eigenvalue weighted by Crippen LogP contribution is 2.23. The second kappa shape index (κ2) is 7.29. The number of amides is 1. The Balaban J connectivity index is 0.00000176. The summed E-state index contributed by atoms with van der Waals surface area (Å²) in [5, 5.41) is 13.0. The maximum Gasteiger partial charge on any atom is 0.255 e. The lowest BCUT2D eigenvalue weighted by atomic mass is 10.0. The molecule has 3 rings (SSSR count). The Hall–Kier alpha value is -2.05. The lowest BCUT2D eigenvalue weighted by Crippen LogP contribution is -2.48. The van der Waals surface area contributed by atoms with Gasteiger partial charge in [0.1, 0.15) is 5.75 Å². The van der Waals surface area contributed by atoms with Crippen LogP contribution < -0.4 is 15.4 Å². The molecule has 0 saturated carbocycles. The number of hydrogen-bond donors (Lipinski definition) is 3. The number of nitrogens with zero attached hydrogens (tertiary/aromatic N) is 1. The molecule has 6 nitrogen and oxygen atoms in total. The van der Waals surface area contributed by atoms with Gasteiger partial charge in [-0.1, -0.05) is 0 Å². The van der Waals surface area contributed by atoms with Crippen LogP contribution >= 0.6 is 12.4 Å². The monoisotopic (exact) mass is 322 g/mol. The minimum Gasteiger partial charge on any atom is -0.497 e. The Bertz CT molecular complexity index is 623. The van der Waals surface area contributed by atoms with E-state index in [1.807, 2.05) is 24.3 Å². The van der Waals surface area contributed by atoms with Crippen LogP contribution in [-0.2, 0) is 0 Å². The molecule has 1 aromatic heterocycles. The number of aromatic amines is 1.